The summed E-state index contributed by atoms with van der Waals surface area (Å²) in [5, 5.41) is 2.28. The number of amides is 1. The molecule has 0 bridgehead atoms. The fourth-order valence-electron chi connectivity index (χ4n) is 3.55. The van der Waals surface area contributed by atoms with Gasteiger partial charge in [-0.3, -0.25) is 4.79 Å². The van der Waals surface area contributed by atoms with Gasteiger partial charge in [-0.1, -0.05) is 47.5 Å². The molecule has 1 aromatic heterocycles. The Morgan fingerprint density at radius 2 is 1.79 bits per heavy atom. The summed E-state index contributed by atoms with van der Waals surface area (Å²) in [4.78, 5) is 21.5. The maximum absolute atomic E-state index is 12.6. The van der Waals surface area contributed by atoms with Crippen LogP contribution in [-0.4, -0.2) is 42.0 Å². The van der Waals surface area contributed by atoms with Crippen molar-refractivity contribution in [1.82, 2.24) is 9.88 Å². The van der Waals surface area contributed by atoms with Crippen molar-refractivity contribution >= 4 is 51.9 Å². The van der Waals surface area contributed by atoms with E-state index in [9.17, 15) is 4.79 Å². The first-order valence-electron chi connectivity index (χ1n) is 9.54. The normalized spacial score (nSPS) is 14.7. The van der Waals surface area contributed by atoms with Crippen molar-refractivity contribution in [2.75, 3.05) is 31.1 Å². The average Bonchev–Trinajstić information content (AvgIpc) is 2.73. The third-order valence-electron chi connectivity index (χ3n) is 5.19. The maximum Gasteiger partial charge on any atom is 0.246 e. The van der Waals surface area contributed by atoms with Crippen molar-refractivity contribution < 1.29 is 4.79 Å². The lowest BCUT2D eigenvalue weighted by Gasteiger charge is -2.35. The Balaban J connectivity index is 1.41. The third kappa shape index (κ3) is 4.39. The number of hydrogen-bond donors (Lipinski definition) is 0. The summed E-state index contributed by atoms with van der Waals surface area (Å²) in [5.74, 6) is 0.954. The predicted octanol–water partition coefficient (Wildman–Crippen LogP) is 5.21. The lowest BCUT2D eigenvalue weighted by molar-refractivity contribution is -0.126. The molecular weight excluding hydrogens is 405 g/mol. The summed E-state index contributed by atoms with van der Waals surface area (Å²) in [5.41, 5.74) is 2.99. The van der Waals surface area contributed by atoms with Gasteiger partial charge < -0.3 is 9.80 Å². The molecule has 0 saturated carbocycles. The van der Waals surface area contributed by atoms with Crippen LogP contribution in [0.15, 0.2) is 54.6 Å². The molecule has 6 heteroatoms. The molecule has 0 radical (unpaired) electrons. The van der Waals surface area contributed by atoms with Crippen LogP contribution in [0.25, 0.3) is 17.0 Å². The SMILES string of the molecule is Cc1cc(N2CCN(C(=O)/C=C/c3ccc(Cl)cc3Cl)CC2)nc2ccccc12. The number of halogens is 2. The van der Waals surface area contributed by atoms with E-state index in [1.165, 1.54) is 10.9 Å². The molecule has 0 unspecified atom stereocenters. The molecule has 0 atom stereocenters. The lowest BCUT2D eigenvalue weighted by atomic mass is 10.1. The van der Waals surface area contributed by atoms with Crippen molar-refractivity contribution in [3.05, 3.63) is 75.8 Å². The van der Waals surface area contributed by atoms with Crippen molar-refractivity contribution in [2.45, 2.75) is 6.92 Å². The van der Waals surface area contributed by atoms with Crippen molar-refractivity contribution in [2.24, 2.45) is 0 Å². The van der Waals surface area contributed by atoms with Gasteiger partial charge >= 0.3 is 0 Å². The van der Waals surface area contributed by atoms with Gasteiger partial charge in [0.1, 0.15) is 5.82 Å². The van der Waals surface area contributed by atoms with Gasteiger partial charge in [0, 0.05) is 47.7 Å². The average molecular weight is 426 g/mol. The molecular formula is C23H21Cl2N3O. The molecule has 1 aliphatic heterocycles. The molecule has 3 aromatic rings. The lowest BCUT2D eigenvalue weighted by Crippen LogP contribution is -2.48. The van der Waals surface area contributed by atoms with Gasteiger partial charge in [0.15, 0.2) is 0 Å². The van der Waals surface area contributed by atoms with Crippen LogP contribution < -0.4 is 4.90 Å². The summed E-state index contributed by atoms with van der Waals surface area (Å²) in [7, 11) is 0. The second-order valence-electron chi connectivity index (χ2n) is 7.13. The molecule has 0 N–H and O–H groups in total. The number of nitrogens with zero attached hydrogens (tertiary/aromatic N) is 3. The monoisotopic (exact) mass is 425 g/mol. The van der Waals surface area contributed by atoms with Crippen LogP contribution >= 0.6 is 23.2 Å². The summed E-state index contributed by atoms with van der Waals surface area (Å²) in [6.07, 6.45) is 3.31. The number of pyridine rings is 1. The zero-order valence-corrected chi connectivity index (χ0v) is 17.6. The molecule has 1 saturated heterocycles. The van der Waals surface area contributed by atoms with E-state index < -0.39 is 0 Å². The number of fused-ring (bicyclic) bond motifs is 1. The molecule has 2 heterocycles. The summed E-state index contributed by atoms with van der Waals surface area (Å²) in [6.45, 7) is 4.94. The largest absolute Gasteiger partial charge is 0.353 e. The first-order chi connectivity index (χ1) is 14.0. The highest BCUT2D eigenvalue weighted by Crippen LogP contribution is 2.24. The highest BCUT2D eigenvalue weighted by Gasteiger charge is 2.21. The fraction of sp³-hybridized carbons (Fsp3) is 0.217. The molecule has 148 valence electrons. The molecule has 1 aliphatic rings. The molecule has 1 amide bonds. The number of benzene rings is 2. The van der Waals surface area contributed by atoms with Gasteiger partial charge in [-0.25, -0.2) is 4.98 Å². The Morgan fingerprint density at radius 3 is 2.55 bits per heavy atom. The van der Waals surface area contributed by atoms with Crippen molar-refractivity contribution in [3.63, 3.8) is 0 Å². The minimum absolute atomic E-state index is 0.0154. The number of aryl methyl sites for hydroxylation is 1. The zero-order valence-electron chi connectivity index (χ0n) is 16.1. The highest BCUT2D eigenvalue weighted by atomic mass is 35.5. The van der Waals surface area contributed by atoms with Gasteiger partial charge in [0.05, 0.1) is 5.52 Å². The van der Waals surface area contributed by atoms with Crippen LogP contribution in [0.3, 0.4) is 0 Å². The number of para-hydroxylation sites is 1. The number of rotatable bonds is 3. The van der Waals surface area contributed by atoms with E-state index in [1.54, 1.807) is 30.4 Å². The Hall–Kier alpha value is -2.56. The highest BCUT2D eigenvalue weighted by molar-refractivity contribution is 6.35. The Bertz CT molecular complexity index is 1090. The Labute approximate surface area is 180 Å². The van der Waals surface area contributed by atoms with Gasteiger partial charge in [-0.2, -0.15) is 0 Å². The molecule has 1 fully saturated rings. The summed E-state index contributed by atoms with van der Waals surface area (Å²) in [6, 6.07) is 15.5. The molecule has 4 nitrogen and oxygen atoms in total. The molecule has 2 aromatic carbocycles. The van der Waals surface area contributed by atoms with Crippen LogP contribution in [-0.2, 0) is 4.79 Å². The van der Waals surface area contributed by atoms with Crippen LogP contribution in [0.1, 0.15) is 11.1 Å². The topological polar surface area (TPSA) is 36.4 Å². The summed E-state index contributed by atoms with van der Waals surface area (Å²) < 4.78 is 0. The van der Waals surface area contributed by atoms with E-state index in [4.69, 9.17) is 28.2 Å². The molecule has 0 aliphatic carbocycles. The van der Waals surface area contributed by atoms with Crippen LogP contribution in [0, 0.1) is 6.92 Å². The Morgan fingerprint density at radius 1 is 1.03 bits per heavy atom. The van der Waals surface area contributed by atoms with E-state index in [-0.39, 0.29) is 5.91 Å². The first-order valence-corrected chi connectivity index (χ1v) is 10.3. The molecule has 29 heavy (non-hydrogen) atoms. The minimum Gasteiger partial charge on any atom is -0.353 e. The number of hydrogen-bond acceptors (Lipinski definition) is 3. The second kappa shape index (κ2) is 8.44. The van der Waals surface area contributed by atoms with Gasteiger partial charge in [0.2, 0.25) is 5.91 Å². The number of anilines is 1. The van der Waals surface area contributed by atoms with E-state index in [0.29, 0.717) is 23.1 Å². The van der Waals surface area contributed by atoms with E-state index in [2.05, 4.69) is 24.0 Å². The third-order valence-corrected chi connectivity index (χ3v) is 5.76. The first kappa shape index (κ1) is 19.7. The van der Waals surface area contributed by atoms with Crippen LogP contribution in [0.5, 0.6) is 0 Å². The van der Waals surface area contributed by atoms with E-state index in [0.717, 1.165) is 30.0 Å². The van der Waals surface area contributed by atoms with Gasteiger partial charge in [-0.15, -0.1) is 0 Å². The minimum atomic E-state index is -0.0154. The van der Waals surface area contributed by atoms with Crippen LogP contribution in [0.4, 0.5) is 5.82 Å². The van der Waals surface area contributed by atoms with E-state index in [1.807, 2.05) is 23.1 Å². The number of aromatic nitrogens is 1. The van der Waals surface area contributed by atoms with Crippen molar-refractivity contribution in [1.29, 1.82) is 0 Å². The van der Waals surface area contributed by atoms with Gasteiger partial charge in [-0.05, 0) is 48.4 Å². The maximum atomic E-state index is 12.6. The van der Waals surface area contributed by atoms with Crippen LogP contribution in [0.2, 0.25) is 10.0 Å². The smallest absolute Gasteiger partial charge is 0.246 e. The molecule has 4 rings (SSSR count). The number of piperazine rings is 1. The van der Waals surface area contributed by atoms with E-state index >= 15 is 0 Å². The second-order valence-corrected chi connectivity index (χ2v) is 7.97. The molecule has 0 spiro atoms. The standard InChI is InChI=1S/C23H21Cl2N3O/c1-16-14-22(26-21-5-3-2-4-19(16)21)27-10-12-28(13-11-27)23(29)9-7-17-6-8-18(24)15-20(17)25/h2-9,14-15H,10-13H2,1H3/b9-7+. The predicted molar refractivity (Wildman–Crippen MR) is 121 cm³/mol. The zero-order chi connectivity index (χ0) is 20.4. The summed E-state index contributed by atoms with van der Waals surface area (Å²) >= 11 is 12.1. The Kier molecular flexibility index (Phi) is 5.74. The number of carbonyl (C=O) groups excluding carboxylic acids is 1. The van der Waals surface area contributed by atoms with Gasteiger partial charge in [0.25, 0.3) is 0 Å². The fourth-order valence-corrected chi connectivity index (χ4v) is 4.02. The number of carbonyl (C=O) groups is 1. The van der Waals surface area contributed by atoms with Crippen molar-refractivity contribution in [3.8, 4) is 0 Å². The quantitative estimate of drug-likeness (QED) is 0.540.